The fraction of sp³-hybridized carbons (Fsp3) is 0.192. The molecule has 0 fully saturated rings. The van der Waals surface area contributed by atoms with Gasteiger partial charge in [-0.25, -0.2) is 8.42 Å². The molecule has 0 aliphatic rings. The van der Waals surface area contributed by atoms with E-state index in [9.17, 15) is 13.2 Å². The van der Waals surface area contributed by atoms with Gasteiger partial charge >= 0.3 is 0 Å². The molecule has 5 nitrogen and oxygen atoms in total. The van der Waals surface area contributed by atoms with Crippen LogP contribution in [0.5, 0.6) is 0 Å². The summed E-state index contributed by atoms with van der Waals surface area (Å²) in [6.45, 7) is 6.28. The zero-order chi connectivity index (χ0) is 23.8. The van der Waals surface area contributed by atoms with E-state index in [2.05, 4.69) is 5.32 Å². The van der Waals surface area contributed by atoms with Crippen LogP contribution < -0.4 is 9.62 Å². The van der Waals surface area contributed by atoms with Crippen LogP contribution in [-0.4, -0.2) is 20.6 Å². The highest BCUT2D eigenvalue weighted by Crippen LogP contribution is 2.31. The van der Waals surface area contributed by atoms with Gasteiger partial charge in [0.25, 0.3) is 5.91 Å². The summed E-state index contributed by atoms with van der Waals surface area (Å²) in [7, 11) is -3.50. The lowest BCUT2D eigenvalue weighted by molar-refractivity contribution is 0.103. The molecule has 4 rings (SSSR count). The van der Waals surface area contributed by atoms with E-state index >= 15 is 0 Å². The topological polar surface area (TPSA) is 66.5 Å². The fourth-order valence-corrected chi connectivity index (χ4v) is 5.39. The van der Waals surface area contributed by atoms with Crippen molar-refractivity contribution in [3.05, 3.63) is 93.9 Å². The Hall–Kier alpha value is -3.16. The number of rotatable bonds is 6. The second-order valence-electron chi connectivity index (χ2n) is 8.34. The number of hydrogen-bond donors (Lipinski definition) is 1. The van der Waals surface area contributed by atoms with Gasteiger partial charge in [-0.15, -0.1) is 11.3 Å². The van der Waals surface area contributed by atoms with E-state index in [1.807, 2.05) is 81.4 Å². The van der Waals surface area contributed by atoms with Crippen LogP contribution in [0, 0.1) is 20.8 Å². The van der Waals surface area contributed by atoms with Crippen molar-refractivity contribution in [2.24, 2.45) is 0 Å². The third-order valence-electron chi connectivity index (χ3n) is 5.62. The van der Waals surface area contributed by atoms with Gasteiger partial charge in [0, 0.05) is 10.4 Å². The van der Waals surface area contributed by atoms with Gasteiger partial charge in [0.1, 0.15) is 0 Å². The van der Waals surface area contributed by atoms with Gasteiger partial charge in [0.15, 0.2) is 0 Å². The summed E-state index contributed by atoms with van der Waals surface area (Å²) in [6, 6.07) is 20.9. The van der Waals surface area contributed by atoms with Crippen LogP contribution in [0.2, 0.25) is 0 Å². The Morgan fingerprint density at radius 1 is 0.909 bits per heavy atom. The van der Waals surface area contributed by atoms with Crippen molar-refractivity contribution in [2.75, 3.05) is 15.9 Å². The molecule has 1 amide bonds. The number of anilines is 2. The highest BCUT2D eigenvalue weighted by Gasteiger charge is 2.19. The van der Waals surface area contributed by atoms with Gasteiger partial charge in [0.05, 0.1) is 23.4 Å². The number of carbonyl (C=O) groups excluding carboxylic acids is 1. The number of amides is 1. The molecule has 1 N–H and O–H groups in total. The van der Waals surface area contributed by atoms with Crippen molar-refractivity contribution in [3.8, 4) is 0 Å². The molecule has 0 aliphatic heterocycles. The van der Waals surface area contributed by atoms with Gasteiger partial charge in [-0.3, -0.25) is 9.10 Å². The Morgan fingerprint density at radius 3 is 2.30 bits per heavy atom. The molecule has 33 heavy (non-hydrogen) atoms. The van der Waals surface area contributed by atoms with E-state index in [0.717, 1.165) is 32.5 Å². The molecule has 7 heteroatoms. The Kier molecular flexibility index (Phi) is 6.28. The average molecular weight is 479 g/mol. The van der Waals surface area contributed by atoms with Gasteiger partial charge in [-0.05, 0) is 79.2 Å². The van der Waals surface area contributed by atoms with Gasteiger partial charge < -0.3 is 5.32 Å². The largest absolute Gasteiger partial charge is 0.321 e. The number of sulfonamides is 1. The molecule has 1 heterocycles. The van der Waals surface area contributed by atoms with Crippen molar-refractivity contribution in [1.82, 2.24) is 0 Å². The maximum absolute atomic E-state index is 12.8. The predicted octanol–water partition coefficient (Wildman–Crippen LogP) is 6.05. The molecule has 0 radical (unpaired) electrons. The number of fused-ring (bicyclic) bond motifs is 1. The normalized spacial score (nSPS) is 11.5. The molecule has 1 aromatic heterocycles. The van der Waals surface area contributed by atoms with E-state index in [1.54, 1.807) is 6.07 Å². The molecular weight excluding hydrogens is 452 g/mol. The van der Waals surface area contributed by atoms with Gasteiger partial charge in [0.2, 0.25) is 10.0 Å². The molecule has 3 aromatic carbocycles. The highest BCUT2D eigenvalue weighted by molar-refractivity contribution is 7.92. The first kappa shape index (κ1) is 23.0. The number of nitrogens with zero attached hydrogens (tertiary/aromatic N) is 1. The van der Waals surface area contributed by atoms with Crippen molar-refractivity contribution in [1.29, 1.82) is 0 Å². The minimum absolute atomic E-state index is 0.180. The lowest BCUT2D eigenvalue weighted by Crippen LogP contribution is -2.29. The Bertz CT molecular complexity index is 1440. The van der Waals surface area contributed by atoms with Crippen LogP contribution in [0.15, 0.2) is 66.7 Å². The maximum Gasteiger partial charge on any atom is 0.265 e. The number of carbonyl (C=O) groups is 1. The van der Waals surface area contributed by atoms with Crippen LogP contribution in [-0.2, 0) is 16.6 Å². The Morgan fingerprint density at radius 2 is 1.64 bits per heavy atom. The molecule has 0 atom stereocenters. The zero-order valence-corrected chi connectivity index (χ0v) is 20.7. The molecule has 0 spiro atoms. The first-order valence-electron chi connectivity index (χ1n) is 10.6. The van der Waals surface area contributed by atoms with E-state index in [4.69, 9.17) is 0 Å². The smallest absolute Gasteiger partial charge is 0.265 e. The van der Waals surface area contributed by atoms with Crippen LogP contribution in [0.3, 0.4) is 0 Å². The minimum Gasteiger partial charge on any atom is -0.321 e. The van der Waals surface area contributed by atoms with E-state index in [0.29, 0.717) is 10.6 Å². The monoisotopic (exact) mass is 478 g/mol. The zero-order valence-electron chi connectivity index (χ0n) is 19.0. The van der Waals surface area contributed by atoms with Crippen molar-refractivity contribution < 1.29 is 13.2 Å². The number of benzene rings is 3. The predicted molar refractivity (Wildman–Crippen MR) is 138 cm³/mol. The van der Waals surface area contributed by atoms with Crippen molar-refractivity contribution >= 4 is 48.7 Å². The number of aryl methyl sites for hydroxylation is 3. The second-order valence-corrected chi connectivity index (χ2v) is 11.3. The molecule has 4 aromatic rings. The van der Waals surface area contributed by atoms with E-state index in [1.165, 1.54) is 27.5 Å². The molecule has 0 saturated heterocycles. The highest BCUT2D eigenvalue weighted by atomic mass is 32.2. The summed E-state index contributed by atoms with van der Waals surface area (Å²) in [5.41, 5.74) is 5.64. The SMILES string of the molecule is Cc1ccc(CN(c2ccc3sc(C(=O)Nc4ccc(C)c(C)c4)cc3c2)S(C)(=O)=O)cc1. The average Bonchev–Trinajstić information content (AvgIpc) is 3.18. The molecule has 0 saturated carbocycles. The van der Waals surface area contributed by atoms with Gasteiger partial charge in [-0.2, -0.15) is 0 Å². The Labute approximate surface area is 198 Å². The Balaban J connectivity index is 1.62. The van der Waals surface area contributed by atoms with Crippen LogP contribution >= 0.6 is 11.3 Å². The lowest BCUT2D eigenvalue weighted by Gasteiger charge is -2.22. The minimum atomic E-state index is -3.50. The number of nitrogens with one attached hydrogen (secondary N) is 1. The van der Waals surface area contributed by atoms with Crippen molar-refractivity contribution in [3.63, 3.8) is 0 Å². The summed E-state index contributed by atoms with van der Waals surface area (Å²) >= 11 is 1.39. The van der Waals surface area contributed by atoms with Crippen molar-refractivity contribution in [2.45, 2.75) is 27.3 Å². The van der Waals surface area contributed by atoms with Crippen LogP contribution in [0.25, 0.3) is 10.1 Å². The molecular formula is C26H26N2O3S2. The van der Waals surface area contributed by atoms with Crippen LogP contribution in [0.1, 0.15) is 31.9 Å². The molecule has 0 bridgehead atoms. The standard InChI is InChI=1S/C26H26N2O3S2/c1-17-5-8-20(9-6-17)16-28(33(4,30)31)23-11-12-24-21(14-23)15-25(32-24)26(29)27-22-10-7-18(2)19(3)13-22/h5-15H,16H2,1-4H3,(H,27,29). The first-order chi connectivity index (χ1) is 15.6. The van der Waals surface area contributed by atoms with E-state index < -0.39 is 10.0 Å². The summed E-state index contributed by atoms with van der Waals surface area (Å²) in [4.78, 5) is 13.4. The summed E-state index contributed by atoms with van der Waals surface area (Å²) < 4.78 is 27.5. The van der Waals surface area contributed by atoms with Crippen LogP contribution in [0.4, 0.5) is 11.4 Å². The summed E-state index contributed by atoms with van der Waals surface area (Å²) in [5.74, 6) is -0.180. The van der Waals surface area contributed by atoms with E-state index in [-0.39, 0.29) is 12.5 Å². The molecule has 0 unspecified atom stereocenters. The third-order valence-corrected chi connectivity index (χ3v) is 7.88. The second kappa shape index (κ2) is 9.00. The van der Waals surface area contributed by atoms with Gasteiger partial charge in [-0.1, -0.05) is 35.9 Å². The quantitative estimate of drug-likeness (QED) is 0.367. The molecule has 170 valence electrons. The summed E-state index contributed by atoms with van der Waals surface area (Å²) in [5, 5.41) is 3.78. The number of hydrogen-bond acceptors (Lipinski definition) is 4. The summed E-state index contributed by atoms with van der Waals surface area (Å²) in [6.07, 6.45) is 1.21. The lowest BCUT2D eigenvalue weighted by atomic mass is 10.1. The fourth-order valence-electron chi connectivity index (χ4n) is 3.57. The number of thiophene rings is 1. The molecule has 0 aliphatic carbocycles. The maximum atomic E-state index is 12.8. The first-order valence-corrected chi connectivity index (χ1v) is 13.2. The third kappa shape index (κ3) is 5.26.